The fourth-order valence-electron chi connectivity index (χ4n) is 4.17. The van der Waals surface area contributed by atoms with E-state index >= 15 is 0 Å². The first-order valence-electron chi connectivity index (χ1n) is 14.8. The molecule has 0 aliphatic rings. The first-order valence-corrected chi connectivity index (χ1v) is 18.5. The van der Waals surface area contributed by atoms with Crippen LogP contribution in [0.25, 0.3) is 0 Å². The molecule has 0 fully saturated rings. The molecule has 0 amide bonds. The third-order valence-electron chi connectivity index (χ3n) is 6.68. The summed E-state index contributed by atoms with van der Waals surface area (Å²) < 4.78 is 63.5. The van der Waals surface area contributed by atoms with E-state index in [-0.39, 0.29) is 60.7 Å². The summed E-state index contributed by atoms with van der Waals surface area (Å²) in [5.74, 6) is 0.785. The number of rotatable bonds is 10. The van der Waals surface area contributed by atoms with E-state index in [2.05, 4.69) is 29.7 Å². The summed E-state index contributed by atoms with van der Waals surface area (Å²) in [6.07, 6.45) is 2.77. The van der Waals surface area contributed by atoms with Crippen LogP contribution in [0.2, 0.25) is 10.0 Å². The number of nitrogens with one attached hydrogen (secondary N) is 2. The quantitative estimate of drug-likeness (QED) is 0.176. The Hall–Kier alpha value is -5.25. The van der Waals surface area contributed by atoms with Crippen LogP contribution < -0.4 is 19.7 Å². The van der Waals surface area contributed by atoms with Gasteiger partial charge in [-0.25, -0.2) is 16.8 Å². The standard InChI is InChI=1S/2C17H14ClN3O4S.Co.2H2O/c2*1-11-8-17(20-25-11)21-26(23,24)15-5-3-14(4-6-15)19-10-12-9-13(18)2-7-16(12)22;;;/h2*2-10,22H,1H3,(H,20,21);;2*1H2/q;;+2;;/p-2. The molecule has 4 aromatic carbocycles. The van der Waals surface area contributed by atoms with Crippen LogP contribution in [0.1, 0.15) is 22.6 Å². The smallest absolute Gasteiger partial charge is 0.872 e. The number of hydrogen-bond donors (Lipinski definition) is 2. The summed E-state index contributed by atoms with van der Waals surface area (Å²) >= 11 is 11.7. The van der Waals surface area contributed by atoms with Crippen LogP contribution in [-0.2, 0) is 36.8 Å². The maximum Gasteiger partial charge on any atom is 2.00 e. The molecule has 6 aromatic rings. The van der Waals surface area contributed by atoms with Crippen molar-refractivity contribution in [3.63, 3.8) is 0 Å². The summed E-state index contributed by atoms with van der Waals surface area (Å²) in [6.45, 7) is 3.32. The Balaban J connectivity index is 0.000000360. The van der Waals surface area contributed by atoms with E-state index < -0.39 is 20.0 Å². The van der Waals surface area contributed by atoms with Gasteiger partial charge < -0.3 is 30.2 Å². The van der Waals surface area contributed by atoms with Gasteiger partial charge in [-0.2, -0.15) is 0 Å². The van der Waals surface area contributed by atoms with Gasteiger partial charge in [0.1, 0.15) is 11.5 Å². The minimum atomic E-state index is -3.79. The van der Waals surface area contributed by atoms with Crippen LogP contribution in [-0.4, -0.2) is 50.5 Å². The van der Waals surface area contributed by atoms with E-state index in [1.807, 2.05) is 0 Å². The van der Waals surface area contributed by atoms with E-state index in [4.69, 9.17) is 32.2 Å². The molecule has 2 aromatic heterocycles. The van der Waals surface area contributed by atoms with E-state index in [0.717, 1.165) is 0 Å². The van der Waals surface area contributed by atoms with Gasteiger partial charge in [0, 0.05) is 34.6 Å². The largest absolute Gasteiger partial charge is 2.00 e. The normalized spacial score (nSPS) is 11.1. The number of benzene rings is 4. The zero-order valence-electron chi connectivity index (χ0n) is 28.4. The van der Waals surface area contributed by atoms with Crippen molar-refractivity contribution in [1.29, 1.82) is 0 Å². The fourth-order valence-corrected chi connectivity index (χ4v) is 6.50. The second-order valence-corrected chi connectivity index (χ2v) is 15.0. The van der Waals surface area contributed by atoms with Gasteiger partial charge in [0.15, 0.2) is 11.6 Å². The molecule has 0 aliphatic heterocycles. The number of aryl methyl sites for hydroxylation is 2. The number of anilines is 2. The van der Waals surface area contributed by atoms with Gasteiger partial charge in [-0.05, 0) is 97.8 Å². The van der Waals surface area contributed by atoms with Gasteiger partial charge in [0.2, 0.25) is 0 Å². The van der Waals surface area contributed by atoms with Gasteiger partial charge in [0.05, 0.1) is 21.2 Å². The van der Waals surface area contributed by atoms with Crippen molar-refractivity contribution in [3.8, 4) is 11.5 Å². The van der Waals surface area contributed by atoms with Crippen molar-refractivity contribution in [2.45, 2.75) is 23.6 Å². The molecule has 0 saturated carbocycles. The van der Waals surface area contributed by atoms with Crippen LogP contribution in [0.4, 0.5) is 23.0 Å². The van der Waals surface area contributed by atoms with Crippen LogP contribution in [0.5, 0.6) is 11.5 Å². The topological polar surface area (TPSA) is 278 Å². The van der Waals surface area contributed by atoms with Crippen molar-refractivity contribution < 1.29 is 63.8 Å². The molecule has 6 N–H and O–H groups in total. The van der Waals surface area contributed by atoms with Gasteiger partial charge >= 0.3 is 16.8 Å². The molecule has 21 heteroatoms. The van der Waals surface area contributed by atoms with Gasteiger partial charge in [-0.1, -0.05) is 57.1 Å². The Morgan fingerprint density at radius 2 is 0.945 bits per heavy atom. The first kappa shape index (κ1) is 45.9. The van der Waals surface area contributed by atoms with Crippen molar-refractivity contribution >= 4 is 78.7 Å². The third-order valence-corrected chi connectivity index (χ3v) is 9.89. The molecule has 0 saturated heterocycles. The maximum atomic E-state index is 12.3. The van der Waals surface area contributed by atoms with Crippen LogP contribution in [0.3, 0.4) is 0 Å². The van der Waals surface area contributed by atoms with Crippen LogP contribution in [0.15, 0.2) is 126 Å². The molecule has 1 radical (unpaired) electrons. The number of aliphatic imine (C=N–C) groups is 2. The van der Waals surface area contributed by atoms with Gasteiger partial charge in [-0.3, -0.25) is 19.4 Å². The molecule has 2 heterocycles. The molecule has 6 rings (SSSR count). The number of nitrogens with zero attached hydrogens (tertiary/aromatic N) is 4. The predicted octanol–water partition coefficient (Wildman–Crippen LogP) is 4.87. The van der Waals surface area contributed by atoms with E-state index in [1.54, 1.807) is 13.8 Å². The molecule has 0 aliphatic carbocycles. The van der Waals surface area contributed by atoms with Crippen molar-refractivity contribution in [2.75, 3.05) is 9.44 Å². The maximum absolute atomic E-state index is 12.3. The summed E-state index contributed by atoms with van der Waals surface area (Å²) in [7, 11) is -7.58. The first-order chi connectivity index (χ1) is 24.7. The zero-order valence-corrected chi connectivity index (χ0v) is 32.5. The molecule has 0 atom stereocenters. The van der Waals surface area contributed by atoms with Crippen LogP contribution >= 0.6 is 23.2 Å². The summed E-state index contributed by atoms with van der Waals surface area (Å²) in [5.41, 5.74) is 1.66. The molecule has 16 nitrogen and oxygen atoms in total. The molecule has 291 valence electrons. The average molecular weight is 877 g/mol. The van der Waals surface area contributed by atoms with Gasteiger partial charge in [-0.15, -0.1) is 0 Å². The molecule has 55 heavy (non-hydrogen) atoms. The van der Waals surface area contributed by atoms with E-state index in [9.17, 15) is 27.0 Å². The zero-order chi connectivity index (χ0) is 37.5. The molecule has 0 unspecified atom stereocenters. The van der Waals surface area contributed by atoms with E-state index in [1.165, 1.54) is 109 Å². The summed E-state index contributed by atoms with van der Waals surface area (Å²) in [5, 5.41) is 31.5. The third kappa shape index (κ3) is 12.9. The number of hydrogen-bond acceptors (Lipinski definition) is 12. The molecule has 0 spiro atoms. The number of halogens is 2. The SMILES string of the molecule is Cc1cc(NS(=O)(=O)c2ccc(N=Cc3cc(Cl)ccc3[O-])cc2)no1.Cc1cc(NS(=O)(=O)c2ccc(N=Cc3cc(Cl)ccc3[O-])cc2)no1.O.O.[Co+2]. The van der Waals surface area contributed by atoms with Gasteiger partial charge in [0.25, 0.3) is 20.0 Å². The molecule has 0 bridgehead atoms. The summed E-state index contributed by atoms with van der Waals surface area (Å²) in [4.78, 5) is 8.42. The average Bonchev–Trinajstić information content (AvgIpc) is 3.71. The Bertz CT molecular complexity index is 2310. The molecular weight excluding hydrogens is 846 g/mol. The Morgan fingerprint density at radius 1 is 0.600 bits per heavy atom. The number of aromatic nitrogens is 2. The Morgan fingerprint density at radius 3 is 1.25 bits per heavy atom. The minimum Gasteiger partial charge on any atom is -0.872 e. The van der Waals surface area contributed by atoms with Crippen molar-refractivity contribution in [3.05, 3.63) is 130 Å². The second kappa shape index (κ2) is 19.9. The van der Waals surface area contributed by atoms with E-state index in [0.29, 0.717) is 44.1 Å². The minimum absolute atomic E-state index is 0. The monoisotopic (exact) mass is 875 g/mol. The molecular formula is C34H30Cl2CoN6O10S2. The van der Waals surface area contributed by atoms with Crippen molar-refractivity contribution in [2.24, 2.45) is 9.98 Å². The van der Waals surface area contributed by atoms with Crippen LogP contribution in [0, 0.1) is 13.8 Å². The second-order valence-electron chi connectivity index (χ2n) is 10.7. The number of sulfonamides is 2. The summed E-state index contributed by atoms with van der Waals surface area (Å²) in [6, 6.07) is 23.4. The Kier molecular flexibility index (Phi) is 16.6. The van der Waals surface area contributed by atoms with Crippen molar-refractivity contribution in [1.82, 2.24) is 10.3 Å². The predicted molar refractivity (Wildman–Crippen MR) is 201 cm³/mol. The fraction of sp³-hybridized carbons (Fsp3) is 0.0588. The Labute approximate surface area is 335 Å².